The van der Waals surface area contributed by atoms with Crippen molar-refractivity contribution < 1.29 is 18.8 Å². The smallest absolute Gasteiger partial charge is 0.272 e. The van der Waals surface area contributed by atoms with Crippen molar-refractivity contribution in [2.75, 3.05) is 16.4 Å². The van der Waals surface area contributed by atoms with Crippen molar-refractivity contribution in [3.63, 3.8) is 0 Å². The highest BCUT2D eigenvalue weighted by molar-refractivity contribution is 8.00. The van der Waals surface area contributed by atoms with Crippen LogP contribution in [0.25, 0.3) is 6.08 Å². The van der Waals surface area contributed by atoms with Gasteiger partial charge < -0.3 is 16.0 Å². The van der Waals surface area contributed by atoms with Gasteiger partial charge >= 0.3 is 0 Å². The molecule has 3 aromatic carbocycles. The molecule has 0 atom stereocenters. The van der Waals surface area contributed by atoms with Gasteiger partial charge in [0, 0.05) is 28.5 Å². The van der Waals surface area contributed by atoms with Gasteiger partial charge in [-0.2, -0.15) is 0 Å². The lowest BCUT2D eigenvalue weighted by Crippen LogP contribution is -2.30. The molecule has 0 saturated carbocycles. The third kappa shape index (κ3) is 7.62. The molecule has 0 aliphatic heterocycles. The fourth-order valence-electron chi connectivity index (χ4n) is 3.33. The standard InChI is InChI=1S/C29H23FN4O3S/c30-24-13-4-5-14-25(24)33-27(35)19-38-23-12-6-11-22(17-23)32-29(37)26(16-20-8-7-15-31-18-20)34-28(36)21-9-2-1-3-10-21/h1-18H,19H2,(H,32,37)(H,33,35)(H,34,36)/b26-16-. The van der Waals surface area contributed by atoms with Crippen LogP contribution in [0.4, 0.5) is 15.8 Å². The molecular weight excluding hydrogens is 503 g/mol. The molecule has 4 rings (SSSR count). The Hall–Kier alpha value is -4.76. The molecule has 38 heavy (non-hydrogen) atoms. The maximum Gasteiger partial charge on any atom is 0.272 e. The van der Waals surface area contributed by atoms with E-state index in [2.05, 4.69) is 20.9 Å². The van der Waals surface area contributed by atoms with E-state index in [1.165, 1.54) is 30.0 Å². The van der Waals surface area contributed by atoms with E-state index in [0.29, 0.717) is 16.8 Å². The summed E-state index contributed by atoms with van der Waals surface area (Å²) in [4.78, 5) is 43.0. The number of pyridine rings is 1. The molecule has 1 aromatic heterocycles. The number of carbonyl (C=O) groups is 3. The Labute approximate surface area is 223 Å². The van der Waals surface area contributed by atoms with Gasteiger partial charge in [-0.25, -0.2) is 4.39 Å². The van der Waals surface area contributed by atoms with Gasteiger partial charge in [0.25, 0.3) is 11.8 Å². The van der Waals surface area contributed by atoms with Crippen LogP contribution in [-0.2, 0) is 9.59 Å². The van der Waals surface area contributed by atoms with Gasteiger partial charge in [0.15, 0.2) is 0 Å². The molecule has 0 saturated heterocycles. The Balaban J connectivity index is 1.43. The first kappa shape index (κ1) is 26.3. The highest BCUT2D eigenvalue weighted by atomic mass is 32.2. The highest BCUT2D eigenvalue weighted by Crippen LogP contribution is 2.23. The van der Waals surface area contributed by atoms with Crippen LogP contribution in [0.15, 0.2) is 114 Å². The maximum absolute atomic E-state index is 13.8. The number of hydrogen-bond acceptors (Lipinski definition) is 5. The van der Waals surface area contributed by atoms with E-state index in [4.69, 9.17) is 0 Å². The molecular formula is C29H23FN4O3S. The van der Waals surface area contributed by atoms with Crippen LogP contribution in [0.5, 0.6) is 0 Å². The predicted octanol–water partition coefficient (Wildman–Crippen LogP) is 5.36. The molecule has 0 spiro atoms. The van der Waals surface area contributed by atoms with E-state index in [1.807, 2.05) is 0 Å². The molecule has 7 nitrogen and oxygen atoms in total. The van der Waals surface area contributed by atoms with Gasteiger partial charge in [-0.15, -0.1) is 11.8 Å². The van der Waals surface area contributed by atoms with Crippen LogP contribution >= 0.6 is 11.8 Å². The minimum absolute atomic E-state index is 0.0363. The second kappa shape index (κ2) is 13.0. The Bertz CT molecular complexity index is 1460. The van der Waals surface area contributed by atoms with Crippen molar-refractivity contribution in [3.8, 4) is 0 Å². The van der Waals surface area contributed by atoms with Crippen molar-refractivity contribution >= 4 is 46.9 Å². The minimum Gasteiger partial charge on any atom is -0.323 e. The fraction of sp³-hybridized carbons (Fsp3) is 0.0345. The third-order valence-electron chi connectivity index (χ3n) is 5.13. The number of para-hydroxylation sites is 1. The number of amides is 3. The summed E-state index contributed by atoms with van der Waals surface area (Å²) in [6, 6.07) is 24.9. The normalized spacial score (nSPS) is 10.9. The van der Waals surface area contributed by atoms with Crippen LogP contribution in [0, 0.1) is 5.82 Å². The zero-order valence-electron chi connectivity index (χ0n) is 20.1. The minimum atomic E-state index is -0.530. The van der Waals surface area contributed by atoms with Crippen molar-refractivity contribution in [1.82, 2.24) is 10.3 Å². The molecule has 9 heteroatoms. The Morgan fingerprint density at radius 2 is 1.66 bits per heavy atom. The molecule has 0 unspecified atom stereocenters. The molecule has 0 aliphatic carbocycles. The van der Waals surface area contributed by atoms with Gasteiger partial charge in [0.1, 0.15) is 11.5 Å². The Morgan fingerprint density at radius 3 is 2.42 bits per heavy atom. The van der Waals surface area contributed by atoms with E-state index < -0.39 is 17.6 Å². The van der Waals surface area contributed by atoms with Gasteiger partial charge in [-0.05, 0) is 60.2 Å². The SMILES string of the molecule is O=C(CSc1cccc(NC(=O)/C(=C/c2cccnc2)NC(=O)c2ccccc2)c1)Nc1ccccc1F. The number of carbonyl (C=O) groups excluding carboxylic acids is 3. The summed E-state index contributed by atoms with van der Waals surface area (Å²) in [5.74, 6) is -1.78. The van der Waals surface area contributed by atoms with Crippen molar-refractivity contribution in [2.24, 2.45) is 0 Å². The number of nitrogens with zero attached hydrogens (tertiary/aromatic N) is 1. The topological polar surface area (TPSA) is 100 Å². The average molecular weight is 527 g/mol. The molecule has 190 valence electrons. The van der Waals surface area contributed by atoms with Gasteiger partial charge in [0.05, 0.1) is 11.4 Å². The first-order valence-corrected chi connectivity index (χ1v) is 12.5. The lowest BCUT2D eigenvalue weighted by molar-refractivity contribution is -0.114. The number of anilines is 2. The molecule has 0 fully saturated rings. The molecule has 3 amide bonds. The Kier molecular flexibility index (Phi) is 8.98. The number of thioether (sulfide) groups is 1. The fourth-order valence-corrected chi connectivity index (χ4v) is 4.09. The number of benzene rings is 3. The average Bonchev–Trinajstić information content (AvgIpc) is 2.94. The molecule has 0 bridgehead atoms. The zero-order valence-corrected chi connectivity index (χ0v) is 20.9. The van der Waals surface area contributed by atoms with E-state index in [1.54, 1.807) is 91.3 Å². The summed E-state index contributed by atoms with van der Waals surface area (Å²) >= 11 is 1.24. The van der Waals surface area contributed by atoms with Crippen molar-refractivity contribution in [2.45, 2.75) is 4.90 Å². The second-order valence-corrected chi connectivity index (χ2v) is 9.01. The number of halogens is 1. The molecule has 4 aromatic rings. The van der Waals surface area contributed by atoms with Crippen LogP contribution in [0.2, 0.25) is 0 Å². The number of hydrogen-bond donors (Lipinski definition) is 3. The number of nitrogens with one attached hydrogen (secondary N) is 3. The Morgan fingerprint density at radius 1 is 0.868 bits per heavy atom. The molecule has 0 radical (unpaired) electrons. The van der Waals surface area contributed by atoms with Gasteiger partial charge in [-0.3, -0.25) is 19.4 Å². The number of rotatable bonds is 9. The largest absolute Gasteiger partial charge is 0.323 e. The van der Waals surface area contributed by atoms with Crippen LogP contribution in [0.3, 0.4) is 0 Å². The quantitative estimate of drug-likeness (QED) is 0.201. The first-order chi connectivity index (χ1) is 18.5. The first-order valence-electron chi connectivity index (χ1n) is 11.5. The summed E-state index contributed by atoms with van der Waals surface area (Å²) in [6.07, 6.45) is 4.72. The lowest BCUT2D eigenvalue weighted by Gasteiger charge is -2.12. The zero-order chi connectivity index (χ0) is 26.7. The van der Waals surface area contributed by atoms with Crippen molar-refractivity contribution in [1.29, 1.82) is 0 Å². The van der Waals surface area contributed by atoms with E-state index in [9.17, 15) is 18.8 Å². The maximum atomic E-state index is 13.8. The molecule has 3 N–H and O–H groups in total. The monoisotopic (exact) mass is 526 g/mol. The summed E-state index contributed by atoms with van der Waals surface area (Å²) < 4.78 is 13.8. The van der Waals surface area contributed by atoms with Crippen LogP contribution in [-0.4, -0.2) is 28.5 Å². The van der Waals surface area contributed by atoms with E-state index in [0.717, 1.165) is 4.90 Å². The summed E-state index contributed by atoms with van der Waals surface area (Å²) in [5, 5.41) is 8.01. The second-order valence-electron chi connectivity index (χ2n) is 7.96. The van der Waals surface area contributed by atoms with Gasteiger partial charge in [0.2, 0.25) is 5.91 Å². The van der Waals surface area contributed by atoms with E-state index in [-0.39, 0.29) is 23.0 Å². The molecule has 0 aliphatic rings. The van der Waals surface area contributed by atoms with E-state index >= 15 is 0 Å². The highest BCUT2D eigenvalue weighted by Gasteiger charge is 2.15. The molecule has 1 heterocycles. The lowest BCUT2D eigenvalue weighted by atomic mass is 10.2. The number of aromatic nitrogens is 1. The summed E-state index contributed by atoms with van der Waals surface area (Å²) in [7, 11) is 0. The predicted molar refractivity (Wildman–Crippen MR) is 147 cm³/mol. The van der Waals surface area contributed by atoms with Crippen LogP contribution in [0.1, 0.15) is 15.9 Å². The third-order valence-corrected chi connectivity index (χ3v) is 6.13. The van der Waals surface area contributed by atoms with Crippen molar-refractivity contribution in [3.05, 3.63) is 126 Å². The van der Waals surface area contributed by atoms with Crippen LogP contribution < -0.4 is 16.0 Å². The summed E-state index contributed by atoms with van der Waals surface area (Å²) in [5.41, 5.74) is 1.67. The summed E-state index contributed by atoms with van der Waals surface area (Å²) in [6.45, 7) is 0. The van der Waals surface area contributed by atoms with Gasteiger partial charge in [-0.1, -0.05) is 42.5 Å².